The molecule has 8 heteroatoms. The summed E-state index contributed by atoms with van der Waals surface area (Å²) in [5.74, 6) is -1.03. The number of amides is 2. The second-order valence-corrected chi connectivity index (χ2v) is 11.4. The van der Waals surface area contributed by atoms with Gasteiger partial charge in [0, 0.05) is 41.1 Å². The van der Waals surface area contributed by atoms with Crippen LogP contribution >= 0.6 is 0 Å². The molecule has 3 aromatic heterocycles. The Hall–Kier alpha value is -4.85. The Morgan fingerprint density at radius 1 is 1.05 bits per heavy atom. The third-order valence-corrected chi connectivity index (χ3v) is 7.75. The fourth-order valence-corrected chi connectivity index (χ4v) is 5.81. The van der Waals surface area contributed by atoms with Gasteiger partial charge in [0.05, 0.1) is 28.6 Å². The zero-order valence-corrected chi connectivity index (χ0v) is 23.8. The van der Waals surface area contributed by atoms with Gasteiger partial charge in [-0.25, -0.2) is 4.39 Å². The van der Waals surface area contributed by atoms with Crippen molar-refractivity contribution in [2.75, 3.05) is 0 Å². The number of fused-ring (bicyclic) bond motifs is 2. The lowest BCUT2D eigenvalue weighted by Gasteiger charge is -2.19. The molecule has 0 bridgehead atoms. The summed E-state index contributed by atoms with van der Waals surface area (Å²) in [4.78, 5) is 35.9. The van der Waals surface area contributed by atoms with E-state index in [9.17, 15) is 14.0 Å². The third kappa shape index (κ3) is 5.16. The molecular formula is C34H32FN5O2. The predicted molar refractivity (Wildman–Crippen MR) is 161 cm³/mol. The van der Waals surface area contributed by atoms with Gasteiger partial charge in [-0.1, -0.05) is 38.1 Å². The molecule has 6 rings (SSSR count). The van der Waals surface area contributed by atoms with Gasteiger partial charge in [-0.3, -0.25) is 19.6 Å². The Morgan fingerprint density at radius 3 is 2.50 bits per heavy atom. The molecule has 1 aliphatic heterocycles. The zero-order valence-electron chi connectivity index (χ0n) is 23.8. The van der Waals surface area contributed by atoms with Gasteiger partial charge >= 0.3 is 0 Å². The molecule has 0 aliphatic carbocycles. The minimum absolute atomic E-state index is 0.204. The van der Waals surface area contributed by atoms with Crippen LogP contribution in [0.25, 0.3) is 22.0 Å². The molecule has 212 valence electrons. The number of pyridine rings is 2. The maximum Gasteiger partial charge on any atom is 0.254 e. The second-order valence-electron chi connectivity index (χ2n) is 11.4. The van der Waals surface area contributed by atoms with E-state index in [1.807, 2.05) is 49.6 Å². The Labute approximate surface area is 243 Å². The van der Waals surface area contributed by atoms with E-state index in [0.29, 0.717) is 41.9 Å². The molecule has 0 spiro atoms. The van der Waals surface area contributed by atoms with Crippen LogP contribution < -0.4 is 11.1 Å². The number of halogens is 1. The summed E-state index contributed by atoms with van der Waals surface area (Å²) < 4.78 is 15.7. The number of hydrogen-bond donors (Lipinski definition) is 2. The van der Waals surface area contributed by atoms with Crippen LogP contribution in [0.5, 0.6) is 0 Å². The van der Waals surface area contributed by atoms with Gasteiger partial charge in [-0.2, -0.15) is 0 Å². The maximum atomic E-state index is 13.5. The molecule has 0 radical (unpaired) electrons. The molecule has 0 fully saturated rings. The number of carbonyl (C=O) groups excluding carboxylic acids is 2. The molecule has 1 aliphatic rings. The fraction of sp³-hybridized carbons (Fsp3) is 0.235. The quantitative estimate of drug-likeness (QED) is 0.246. The highest BCUT2D eigenvalue weighted by molar-refractivity contribution is 6.12. The number of primary amides is 1. The Bertz CT molecular complexity index is 1820. The maximum absolute atomic E-state index is 13.5. The van der Waals surface area contributed by atoms with Crippen LogP contribution in [0, 0.1) is 18.7 Å². The summed E-state index contributed by atoms with van der Waals surface area (Å²) in [6.07, 6.45) is 4.87. The molecule has 0 saturated carbocycles. The lowest BCUT2D eigenvalue weighted by Crippen LogP contribution is -2.21. The molecule has 0 saturated heterocycles. The summed E-state index contributed by atoms with van der Waals surface area (Å²) in [5.41, 5.74) is 13.0. The van der Waals surface area contributed by atoms with E-state index < -0.39 is 11.9 Å². The van der Waals surface area contributed by atoms with E-state index in [-0.39, 0.29) is 23.2 Å². The van der Waals surface area contributed by atoms with Gasteiger partial charge < -0.3 is 15.6 Å². The lowest BCUT2D eigenvalue weighted by molar-refractivity contribution is 0.0956. The van der Waals surface area contributed by atoms with Crippen LogP contribution in [0.4, 0.5) is 4.39 Å². The minimum atomic E-state index is -0.615. The van der Waals surface area contributed by atoms with Crippen molar-refractivity contribution in [2.45, 2.75) is 46.2 Å². The normalized spacial score (nSPS) is 14.4. The number of carbonyl (C=O) groups is 2. The van der Waals surface area contributed by atoms with E-state index in [4.69, 9.17) is 10.7 Å². The summed E-state index contributed by atoms with van der Waals surface area (Å²) >= 11 is 0. The number of hydrogen-bond acceptors (Lipinski definition) is 4. The smallest absolute Gasteiger partial charge is 0.254 e. The number of nitrogens with zero attached hydrogens (tertiary/aromatic N) is 3. The Balaban J connectivity index is 1.48. The van der Waals surface area contributed by atoms with Gasteiger partial charge in [0.1, 0.15) is 5.82 Å². The van der Waals surface area contributed by atoms with Crippen molar-refractivity contribution in [1.82, 2.24) is 19.9 Å². The summed E-state index contributed by atoms with van der Waals surface area (Å²) in [5, 5.41) is 4.03. The van der Waals surface area contributed by atoms with Crippen molar-refractivity contribution >= 4 is 22.7 Å². The van der Waals surface area contributed by atoms with Crippen LogP contribution in [0.2, 0.25) is 0 Å². The highest BCUT2D eigenvalue weighted by Gasteiger charge is 2.37. The van der Waals surface area contributed by atoms with Crippen molar-refractivity contribution < 1.29 is 14.0 Å². The average Bonchev–Trinajstić information content (AvgIpc) is 3.49. The van der Waals surface area contributed by atoms with Gasteiger partial charge in [0.2, 0.25) is 0 Å². The van der Waals surface area contributed by atoms with Crippen molar-refractivity contribution in [3.63, 3.8) is 0 Å². The number of nitrogens with two attached hydrogens (primary N) is 1. The Kier molecular flexibility index (Phi) is 7.06. The fourth-order valence-electron chi connectivity index (χ4n) is 5.81. The summed E-state index contributed by atoms with van der Waals surface area (Å²) in [6, 6.07) is 17.8. The standard InChI is InChI=1S/C34H32FN5O2/c1-19(2)14-26-30(33(36)41)29(31-32(38-26)27(39-34(31)42)15-21-6-9-25(35)10-7-21)24-8-11-28-23(16-24)12-13-40(28)18-22-5-4-20(3)37-17-22/h4-13,16-17,19,27H,14-15,18H2,1-3H3,(H2,36,41)(H,39,42). The van der Waals surface area contributed by atoms with E-state index in [1.54, 1.807) is 12.1 Å². The summed E-state index contributed by atoms with van der Waals surface area (Å²) in [6.45, 7) is 6.73. The first kappa shape index (κ1) is 27.3. The SMILES string of the molecule is Cc1ccc(Cn2ccc3cc(-c4c(C(N)=O)c(CC(C)C)nc5c4C(=O)NC5Cc4ccc(F)cc4)ccc32)cn1. The molecule has 5 aromatic rings. The second kappa shape index (κ2) is 10.9. The van der Waals surface area contributed by atoms with E-state index in [1.165, 1.54) is 12.1 Å². The number of nitrogens with one attached hydrogen (secondary N) is 1. The van der Waals surface area contributed by atoms with Gasteiger partial charge in [0.25, 0.3) is 11.8 Å². The topological polar surface area (TPSA) is 103 Å². The molecular weight excluding hydrogens is 529 g/mol. The number of rotatable bonds is 8. The molecule has 1 unspecified atom stereocenters. The molecule has 4 heterocycles. The molecule has 2 aromatic carbocycles. The summed E-state index contributed by atoms with van der Waals surface area (Å²) in [7, 11) is 0. The van der Waals surface area contributed by atoms with Crippen molar-refractivity contribution in [3.8, 4) is 11.1 Å². The molecule has 1 atom stereocenters. The van der Waals surface area contributed by atoms with Crippen molar-refractivity contribution in [1.29, 1.82) is 0 Å². The van der Waals surface area contributed by atoms with Crippen LogP contribution in [-0.2, 0) is 19.4 Å². The molecule has 3 N–H and O–H groups in total. The molecule has 42 heavy (non-hydrogen) atoms. The lowest BCUT2D eigenvalue weighted by atomic mass is 9.88. The minimum Gasteiger partial charge on any atom is -0.366 e. The van der Waals surface area contributed by atoms with Crippen LogP contribution in [0.3, 0.4) is 0 Å². The van der Waals surface area contributed by atoms with Crippen LogP contribution in [0.15, 0.2) is 73.1 Å². The largest absolute Gasteiger partial charge is 0.366 e. The van der Waals surface area contributed by atoms with E-state index in [0.717, 1.165) is 33.3 Å². The first-order chi connectivity index (χ1) is 20.2. The van der Waals surface area contributed by atoms with E-state index >= 15 is 0 Å². The van der Waals surface area contributed by atoms with Gasteiger partial charge in [0.15, 0.2) is 0 Å². The average molecular weight is 562 g/mol. The van der Waals surface area contributed by atoms with Gasteiger partial charge in [-0.15, -0.1) is 0 Å². The van der Waals surface area contributed by atoms with Crippen LogP contribution in [0.1, 0.15) is 68.8 Å². The highest BCUT2D eigenvalue weighted by atomic mass is 19.1. The first-order valence-corrected chi connectivity index (χ1v) is 14.1. The monoisotopic (exact) mass is 561 g/mol. The Morgan fingerprint density at radius 2 is 1.81 bits per heavy atom. The number of benzene rings is 2. The highest BCUT2D eigenvalue weighted by Crippen LogP contribution is 2.39. The van der Waals surface area contributed by atoms with Crippen molar-refractivity contribution in [3.05, 3.63) is 118 Å². The van der Waals surface area contributed by atoms with Gasteiger partial charge in [-0.05, 0) is 78.8 Å². The first-order valence-electron chi connectivity index (χ1n) is 14.1. The molecule has 2 amide bonds. The predicted octanol–water partition coefficient (Wildman–Crippen LogP) is 5.92. The third-order valence-electron chi connectivity index (χ3n) is 7.75. The van der Waals surface area contributed by atoms with Crippen molar-refractivity contribution in [2.24, 2.45) is 11.7 Å². The number of aryl methyl sites for hydroxylation is 1. The zero-order chi connectivity index (χ0) is 29.5. The number of aromatic nitrogens is 3. The molecule has 7 nitrogen and oxygen atoms in total. The van der Waals surface area contributed by atoms with Crippen LogP contribution in [-0.4, -0.2) is 26.3 Å². The van der Waals surface area contributed by atoms with E-state index in [2.05, 4.69) is 34.8 Å².